The highest BCUT2D eigenvalue weighted by molar-refractivity contribution is 4.98. The minimum atomic E-state index is 0.522. The predicted molar refractivity (Wildman–Crippen MR) is 73.7 cm³/mol. The van der Waals surface area contributed by atoms with Crippen molar-refractivity contribution in [1.29, 1.82) is 0 Å². The third-order valence-electron chi connectivity index (χ3n) is 4.68. The molecule has 1 N–H and O–H groups in total. The van der Waals surface area contributed by atoms with Crippen LogP contribution in [0.4, 0.5) is 0 Å². The van der Waals surface area contributed by atoms with E-state index in [-0.39, 0.29) is 0 Å². The molecule has 19 heavy (non-hydrogen) atoms. The third-order valence-corrected chi connectivity index (χ3v) is 4.68. The first-order valence-electron chi connectivity index (χ1n) is 7.78. The molecule has 0 atom stereocenters. The number of nitrogens with zero attached hydrogens (tertiary/aromatic N) is 2. The Hall–Kier alpha value is -0.900. The van der Waals surface area contributed by atoms with Crippen molar-refractivity contribution in [3.8, 4) is 0 Å². The number of hydrogen-bond acceptors (Lipinski definition) is 4. The lowest BCUT2D eigenvalue weighted by Crippen LogP contribution is -2.18. The minimum Gasteiger partial charge on any atom is -0.338 e. The van der Waals surface area contributed by atoms with E-state index in [1.165, 1.54) is 38.5 Å². The van der Waals surface area contributed by atoms with E-state index >= 15 is 0 Å². The van der Waals surface area contributed by atoms with E-state index in [4.69, 9.17) is 4.52 Å². The van der Waals surface area contributed by atoms with Gasteiger partial charge in [-0.3, -0.25) is 0 Å². The van der Waals surface area contributed by atoms with Crippen LogP contribution in [-0.2, 0) is 6.54 Å². The minimum absolute atomic E-state index is 0.522. The Morgan fingerprint density at radius 1 is 1.16 bits per heavy atom. The largest absolute Gasteiger partial charge is 0.338 e. The van der Waals surface area contributed by atoms with Crippen LogP contribution in [0.2, 0.25) is 0 Å². The van der Waals surface area contributed by atoms with Crippen LogP contribution in [0.1, 0.15) is 70.0 Å². The fraction of sp³-hybridized carbons (Fsp3) is 0.867. The van der Waals surface area contributed by atoms with Crippen molar-refractivity contribution in [2.24, 2.45) is 11.8 Å². The number of rotatable bonds is 5. The van der Waals surface area contributed by atoms with E-state index in [1.807, 2.05) is 0 Å². The SMILES string of the molecule is CC(C)C1CCC(c2noc(CNC3CC3)n2)CC1. The quantitative estimate of drug-likeness (QED) is 0.886. The summed E-state index contributed by atoms with van der Waals surface area (Å²) < 4.78 is 5.35. The Morgan fingerprint density at radius 2 is 1.89 bits per heavy atom. The molecule has 0 radical (unpaired) electrons. The molecule has 0 aromatic carbocycles. The lowest BCUT2D eigenvalue weighted by molar-refractivity contribution is 0.251. The van der Waals surface area contributed by atoms with Gasteiger partial charge in [0, 0.05) is 12.0 Å². The van der Waals surface area contributed by atoms with Gasteiger partial charge in [0.05, 0.1) is 6.54 Å². The maximum atomic E-state index is 5.35. The predicted octanol–water partition coefficient (Wildman–Crippen LogP) is 3.25. The summed E-state index contributed by atoms with van der Waals surface area (Å²) in [4.78, 5) is 4.56. The van der Waals surface area contributed by atoms with Gasteiger partial charge in [-0.1, -0.05) is 19.0 Å². The molecule has 0 spiro atoms. The lowest BCUT2D eigenvalue weighted by atomic mass is 9.77. The van der Waals surface area contributed by atoms with Crippen LogP contribution >= 0.6 is 0 Å². The molecule has 0 saturated heterocycles. The molecule has 106 valence electrons. The summed E-state index contributed by atoms with van der Waals surface area (Å²) >= 11 is 0. The van der Waals surface area contributed by atoms with Gasteiger partial charge in [0.2, 0.25) is 5.89 Å². The molecule has 0 amide bonds. The van der Waals surface area contributed by atoms with Gasteiger partial charge in [-0.15, -0.1) is 0 Å². The molecule has 2 fully saturated rings. The van der Waals surface area contributed by atoms with Gasteiger partial charge in [-0.25, -0.2) is 0 Å². The molecule has 4 heteroatoms. The fourth-order valence-electron chi connectivity index (χ4n) is 3.07. The maximum Gasteiger partial charge on any atom is 0.240 e. The highest BCUT2D eigenvalue weighted by Crippen LogP contribution is 2.37. The summed E-state index contributed by atoms with van der Waals surface area (Å²) in [5, 5.41) is 7.60. The van der Waals surface area contributed by atoms with Gasteiger partial charge in [0.15, 0.2) is 5.82 Å². The van der Waals surface area contributed by atoms with Crippen molar-refractivity contribution in [2.75, 3.05) is 0 Å². The second kappa shape index (κ2) is 5.61. The summed E-state index contributed by atoms with van der Waals surface area (Å²) in [6.45, 7) is 5.40. The van der Waals surface area contributed by atoms with Crippen LogP contribution in [0, 0.1) is 11.8 Å². The molecule has 0 bridgehead atoms. The van der Waals surface area contributed by atoms with E-state index in [0.29, 0.717) is 12.0 Å². The molecule has 1 aromatic heterocycles. The first kappa shape index (κ1) is 13.1. The van der Waals surface area contributed by atoms with Crippen molar-refractivity contribution in [1.82, 2.24) is 15.5 Å². The van der Waals surface area contributed by atoms with Crippen LogP contribution in [0.25, 0.3) is 0 Å². The second-order valence-corrected chi connectivity index (χ2v) is 6.56. The summed E-state index contributed by atoms with van der Waals surface area (Å²) in [6.07, 6.45) is 7.65. The molecule has 2 aliphatic rings. The van der Waals surface area contributed by atoms with E-state index in [9.17, 15) is 0 Å². The zero-order valence-electron chi connectivity index (χ0n) is 12.1. The van der Waals surface area contributed by atoms with Crippen LogP contribution in [0.15, 0.2) is 4.52 Å². The number of hydrogen-bond donors (Lipinski definition) is 1. The van der Waals surface area contributed by atoms with Crippen molar-refractivity contribution in [3.63, 3.8) is 0 Å². The van der Waals surface area contributed by atoms with Gasteiger partial charge in [-0.05, 0) is 50.4 Å². The molecular formula is C15H25N3O. The van der Waals surface area contributed by atoms with Crippen molar-refractivity contribution in [2.45, 2.75) is 70.9 Å². The smallest absolute Gasteiger partial charge is 0.240 e. The topological polar surface area (TPSA) is 51.0 Å². The monoisotopic (exact) mass is 263 g/mol. The highest BCUT2D eigenvalue weighted by atomic mass is 16.5. The van der Waals surface area contributed by atoms with Crippen molar-refractivity contribution >= 4 is 0 Å². The van der Waals surface area contributed by atoms with Gasteiger partial charge in [-0.2, -0.15) is 4.98 Å². The molecule has 0 aliphatic heterocycles. The van der Waals surface area contributed by atoms with E-state index in [0.717, 1.165) is 30.1 Å². The second-order valence-electron chi connectivity index (χ2n) is 6.56. The van der Waals surface area contributed by atoms with Gasteiger partial charge in [0.1, 0.15) is 0 Å². The molecule has 1 heterocycles. The summed E-state index contributed by atoms with van der Waals surface area (Å²) in [7, 11) is 0. The zero-order valence-corrected chi connectivity index (χ0v) is 12.1. The molecule has 3 rings (SSSR count). The lowest BCUT2D eigenvalue weighted by Gasteiger charge is -2.29. The van der Waals surface area contributed by atoms with Gasteiger partial charge in [0.25, 0.3) is 0 Å². The van der Waals surface area contributed by atoms with Crippen molar-refractivity contribution < 1.29 is 4.52 Å². The van der Waals surface area contributed by atoms with Crippen molar-refractivity contribution in [3.05, 3.63) is 11.7 Å². The Balaban J connectivity index is 1.51. The first-order valence-corrected chi connectivity index (χ1v) is 7.78. The Kier molecular flexibility index (Phi) is 3.87. The molecule has 0 unspecified atom stereocenters. The number of nitrogens with one attached hydrogen (secondary N) is 1. The average Bonchev–Trinajstić information content (AvgIpc) is 3.13. The highest BCUT2D eigenvalue weighted by Gasteiger charge is 2.27. The van der Waals surface area contributed by atoms with Gasteiger partial charge < -0.3 is 9.84 Å². The standard InChI is InChI=1S/C15H25N3O/c1-10(2)11-3-5-12(6-4-11)15-17-14(19-18-15)9-16-13-7-8-13/h10-13,16H,3-9H2,1-2H3. The van der Waals surface area contributed by atoms with Crippen LogP contribution in [-0.4, -0.2) is 16.2 Å². The van der Waals surface area contributed by atoms with Crippen LogP contribution < -0.4 is 5.32 Å². The molecule has 2 saturated carbocycles. The van der Waals surface area contributed by atoms with E-state index < -0.39 is 0 Å². The normalized spacial score (nSPS) is 27.9. The van der Waals surface area contributed by atoms with E-state index in [1.54, 1.807) is 0 Å². The maximum absolute atomic E-state index is 5.35. The molecule has 1 aromatic rings. The Labute approximate surface area is 115 Å². The molecule has 2 aliphatic carbocycles. The van der Waals surface area contributed by atoms with Gasteiger partial charge >= 0.3 is 0 Å². The Morgan fingerprint density at radius 3 is 2.53 bits per heavy atom. The summed E-state index contributed by atoms with van der Waals surface area (Å²) in [5.74, 6) is 3.92. The molecular weight excluding hydrogens is 238 g/mol. The summed E-state index contributed by atoms with van der Waals surface area (Å²) in [5.41, 5.74) is 0. The number of aromatic nitrogens is 2. The first-order chi connectivity index (χ1) is 9.22. The van der Waals surface area contributed by atoms with Crippen LogP contribution in [0.3, 0.4) is 0 Å². The fourth-order valence-corrected chi connectivity index (χ4v) is 3.07. The van der Waals surface area contributed by atoms with E-state index in [2.05, 4.69) is 29.3 Å². The average molecular weight is 263 g/mol. The Bertz CT molecular complexity index is 403. The zero-order chi connectivity index (χ0) is 13.2. The summed E-state index contributed by atoms with van der Waals surface area (Å²) in [6, 6.07) is 0.692. The molecule has 4 nitrogen and oxygen atoms in total. The third kappa shape index (κ3) is 3.35. The van der Waals surface area contributed by atoms with Crippen LogP contribution in [0.5, 0.6) is 0 Å².